The van der Waals surface area contributed by atoms with Crippen molar-refractivity contribution >= 4 is 16.8 Å². The number of morpholine rings is 1. The molecule has 0 saturated carbocycles. The van der Waals surface area contributed by atoms with Crippen molar-refractivity contribution in [3.05, 3.63) is 42.5 Å². The summed E-state index contributed by atoms with van der Waals surface area (Å²) in [6.07, 6.45) is 0. The minimum absolute atomic E-state index is 0.563. The lowest BCUT2D eigenvalue weighted by Gasteiger charge is -2.24. The molecule has 5 heteroatoms. The van der Waals surface area contributed by atoms with Crippen LogP contribution in [0.25, 0.3) is 22.2 Å². The van der Waals surface area contributed by atoms with Gasteiger partial charge < -0.3 is 14.1 Å². The van der Waals surface area contributed by atoms with Crippen LogP contribution in [0.2, 0.25) is 0 Å². The van der Waals surface area contributed by atoms with Gasteiger partial charge in [0, 0.05) is 18.7 Å². The van der Waals surface area contributed by atoms with E-state index in [1.54, 1.807) is 0 Å². The highest BCUT2D eigenvalue weighted by Crippen LogP contribution is 2.29. The number of hydrogen-bond donors (Lipinski definition) is 0. The van der Waals surface area contributed by atoms with Gasteiger partial charge in [0.2, 0.25) is 5.89 Å². The van der Waals surface area contributed by atoms with Crippen LogP contribution >= 0.6 is 0 Å². The van der Waals surface area contributed by atoms with Crippen LogP contribution in [-0.4, -0.2) is 36.5 Å². The number of aromatic nitrogens is 2. The van der Waals surface area contributed by atoms with Crippen LogP contribution in [0, 0.1) is 0 Å². The Morgan fingerprint density at radius 2 is 1.71 bits per heavy atom. The normalized spacial score (nSPS) is 15.5. The molecule has 0 radical (unpaired) electrons. The molecule has 0 aliphatic carbocycles. The van der Waals surface area contributed by atoms with Crippen LogP contribution in [0.5, 0.6) is 0 Å². The fourth-order valence-electron chi connectivity index (χ4n) is 2.62. The molecule has 2 aromatic carbocycles. The molecule has 5 nitrogen and oxygen atoms in total. The van der Waals surface area contributed by atoms with Gasteiger partial charge in [-0.2, -0.15) is 0 Å². The van der Waals surface area contributed by atoms with E-state index in [1.807, 2.05) is 24.3 Å². The van der Waals surface area contributed by atoms with E-state index in [1.165, 1.54) is 5.39 Å². The van der Waals surface area contributed by atoms with Gasteiger partial charge in [-0.1, -0.05) is 41.5 Å². The second-order valence-electron chi connectivity index (χ2n) is 5.02. The predicted molar refractivity (Wildman–Crippen MR) is 80.3 cm³/mol. The maximum atomic E-state index is 5.87. The van der Waals surface area contributed by atoms with Crippen molar-refractivity contribution in [3.8, 4) is 11.5 Å². The summed E-state index contributed by atoms with van der Waals surface area (Å²) in [7, 11) is 0. The molecule has 0 bridgehead atoms. The van der Waals surface area contributed by atoms with Crippen molar-refractivity contribution in [2.24, 2.45) is 0 Å². The molecule has 1 aliphatic rings. The second-order valence-corrected chi connectivity index (χ2v) is 5.02. The first-order valence-electron chi connectivity index (χ1n) is 7.06. The number of rotatable bonds is 2. The number of anilines is 1. The predicted octanol–water partition coefficient (Wildman–Crippen LogP) is 2.73. The Bertz CT molecular complexity index is 758. The molecule has 4 rings (SSSR count). The van der Waals surface area contributed by atoms with E-state index < -0.39 is 0 Å². The zero-order valence-electron chi connectivity index (χ0n) is 11.5. The topological polar surface area (TPSA) is 51.4 Å². The van der Waals surface area contributed by atoms with Gasteiger partial charge in [0.1, 0.15) is 0 Å². The molecule has 1 aromatic heterocycles. The van der Waals surface area contributed by atoms with Crippen molar-refractivity contribution in [2.45, 2.75) is 0 Å². The van der Waals surface area contributed by atoms with Crippen molar-refractivity contribution in [1.29, 1.82) is 0 Å². The van der Waals surface area contributed by atoms with Crippen LogP contribution in [-0.2, 0) is 4.74 Å². The lowest BCUT2D eigenvalue weighted by Crippen LogP contribution is -2.36. The van der Waals surface area contributed by atoms with Gasteiger partial charge in [-0.25, -0.2) is 0 Å². The summed E-state index contributed by atoms with van der Waals surface area (Å²) < 4.78 is 11.2. The van der Waals surface area contributed by atoms with E-state index >= 15 is 0 Å². The molecule has 2 heterocycles. The minimum atomic E-state index is 0.563. The standard InChI is InChI=1S/C16H15N3O2/c1-2-6-13-12(4-1)5-3-7-14(13)15-17-18-16(21-15)19-8-10-20-11-9-19/h1-7H,8-11H2. The molecule has 0 unspecified atom stereocenters. The summed E-state index contributed by atoms with van der Waals surface area (Å²) in [5.41, 5.74) is 0.972. The Hall–Kier alpha value is -2.40. The average Bonchev–Trinajstić information content (AvgIpc) is 3.05. The maximum absolute atomic E-state index is 5.87. The molecule has 0 amide bonds. The van der Waals surface area contributed by atoms with Crippen LogP contribution in [0.1, 0.15) is 0 Å². The molecule has 21 heavy (non-hydrogen) atoms. The lowest BCUT2D eigenvalue weighted by molar-refractivity contribution is 0.120. The number of benzene rings is 2. The molecule has 0 spiro atoms. The van der Waals surface area contributed by atoms with Crippen LogP contribution < -0.4 is 4.90 Å². The first kappa shape index (κ1) is 12.3. The van der Waals surface area contributed by atoms with Crippen LogP contribution in [0.4, 0.5) is 6.01 Å². The monoisotopic (exact) mass is 281 g/mol. The van der Waals surface area contributed by atoms with Crippen LogP contribution in [0.15, 0.2) is 46.9 Å². The minimum Gasteiger partial charge on any atom is -0.403 e. The van der Waals surface area contributed by atoms with Crippen LogP contribution in [0.3, 0.4) is 0 Å². The highest BCUT2D eigenvalue weighted by Gasteiger charge is 2.18. The van der Waals surface area contributed by atoms with Gasteiger partial charge in [0.15, 0.2) is 0 Å². The summed E-state index contributed by atoms with van der Waals surface area (Å²) in [5.74, 6) is 0.563. The Labute approximate surface area is 122 Å². The van der Waals surface area contributed by atoms with E-state index in [-0.39, 0.29) is 0 Å². The Kier molecular flexibility index (Phi) is 3.05. The average molecular weight is 281 g/mol. The van der Waals surface area contributed by atoms with Crippen molar-refractivity contribution in [3.63, 3.8) is 0 Å². The first-order chi connectivity index (χ1) is 10.4. The molecule has 3 aromatic rings. The summed E-state index contributed by atoms with van der Waals surface area (Å²) in [6, 6.07) is 14.9. The van der Waals surface area contributed by atoms with Crippen molar-refractivity contribution in [2.75, 3.05) is 31.2 Å². The molecule has 1 aliphatic heterocycles. The maximum Gasteiger partial charge on any atom is 0.318 e. The van der Waals surface area contributed by atoms with Gasteiger partial charge in [-0.3, -0.25) is 0 Å². The third-order valence-corrected chi connectivity index (χ3v) is 3.72. The summed E-state index contributed by atoms with van der Waals surface area (Å²) in [4.78, 5) is 2.06. The highest BCUT2D eigenvalue weighted by molar-refractivity contribution is 5.94. The third kappa shape index (κ3) is 2.25. The Morgan fingerprint density at radius 3 is 2.62 bits per heavy atom. The molecule has 1 fully saturated rings. The molecule has 1 saturated heterocycles. The summed E-state index contributed by atoms with van der Waals surface area (Å²) in [5, 5.41) is 10.7. The second kappa shape index (κ2) is 5.18. The number of ether oxygens (including phenoxy) is 1. The van der Waals surface area contributed by atoms with E-state index in [0.717, 1.165) is 24.0 Å². The smallest absolute Gasteiger partial charge is 0.318 e. The summed E-state index contributed by atoms with van der Waals surface area (Å²) >= 11 is 0. The Morgan fingerprint density at radius 1 is 0.905 bits per heavy atom. The first-order valence-corrected chi connectivity index (χ1v) is 7.06. The van der Waals surface area contributed by atoms with Crippen molar-refractivity contribution < 1.29 is 9.15 Å². The van der Waals surface area contributed by atoms with Gasteiger partial charge >= 0.3 is 6.01 Å². The molecule has 0 atom stereocenters. The quantitative estimate of drug-likeness (QED) is 0.723. The number of hydrogen-bond acceptors (Lipinski definition) is 5. The van der Waals surface area contributed by atoms with E-state index in [9.17, 15) is 0 Å². The number of fused-ring (bicyclic) bond motifs is 1. The van der Waals surface area contributed by atoms with Gasteiger partial charge in [-0.15, -0.1) is 5.10 Å². The lowest BCUT2D eigenvalue weighted by atomic mass is 10.0. The van der Waals surface area contributed by atoms with E-state index in [4.69, 9.17) is 9.15 Å². The fourth-order valence-corrected chi connectivity index (χ4v) is 2.62. The Balaban J connectivity index is 1.74. The highest BCUT2D eigenvalue weighted by atomic mass is 16.5. The van der Waals surface area contributed by atoms with Gasteiger partial charge in [0.25, 0.3) is 0 Å². The third-order valence-electron chi connectivity index (χ3n) is 3.72. The van der Waals surface area contributed by atoms with Gasteiger partial charge in [-0.05, 0) is 16.8 Å². The molecular weight excluding hydrogens is 266 g/mol. The van der Waals surface area contributed by atoms with E-state index in [0.29, 0.717) is 25.1 Å². The van der Waals surface area contributed by atoms with E-state index in [2.05, 4.69) is 33.3 Å². The molecular formula is C16H15N3O2. The zero-order valence-corrected chi connectivity index (χ0v) is 11.5. The summed E-state index contributed by atoms with van der Waals surface area (Å²) in [6.45, 7) is 2.98. The molecule has 106 valence electrons. The van der Waals surface area contributed by atoms with Crippen molar-refractivity contribution in [1.82, 2.24) is 10.2 Å². The zero-order chi connectivity index (χ0) is 14.1. The largest absolute Gasteiger partial charge is 0.403 e. The number of nitrogens with zero attached hydrogens (tertiary/aromatic N) is 3. The van der Waals surface area contributed by atoms with Gasteiger partial charge in [0.05, 0.1) is 13.2 Å². The SMILES string of the molecule is c1ccc2c(-c3nnc(N4CCOCC4)o3)cccc2c1. The fraction of sp³-hybridized carbons (Fsp3) is 0.250. The molecule has 0 N–H and O–H groups in total.